The van der Waals surface area contributed by atoms with Crippen LogP contribution in [0.2, 0.25) is 0 Å². The van der Waals surface area contributed by atoms with Gasteiger partial charge in [-0.1, -0.05) is 0 Å². The predicted molar refractivity (Wildman–Crippen MR) is 66.9 cm³/mol. The molecule has 0 fully saturated rings. The van der Waals surface area contributed by atoms with Crippen molar-refractivity contribution in [2.24, 2.45) is 5.73 Å². The first-order valence-electron chi connectivity index (χ1n) is 5.78. The number of rotatable bonds is 8. The zero-order valence-electron chi connectivity index (χ0n) is 10.8. The van der Waals surface area contributed by atoms with Gasteiger partial charge in [-0.25, -0.2) is 4.79 Å². The van der Waals surface area contributed by atoms with Crippen molar-refractivity contribution in [1.82, 2.24) is 15.1 Å². The van der Waals surface area contributed by atoms with E-state index >= 15 is 0 Å². The summed E-state index contributed by atoms with van der Waals surface area (Å²) in [6.07, 6.45) is 0.886. The van der Waals surface area contributed by atoms with Gasteiger partial charge >= 0.3 is 11.8 Å². The highest BCUT2D eigenvalue weighted by atomic mass is 16.6. The molecule has 21 heavy (non-hydrogen) atoms. The lowest BCUT2D eigenvalue weighted by Crippen LogP contribution is -2.42. The summed E-state index contributed by atoms with van der Waals surface area (Å²) in [6.45, 7) is -0.381. The summed E-state index contributed by atoms with van der Waals surface area (Å²) in [5.41, 5.74) is 4.90. The highest BCUT2D eigenvalue weighted by Crippen LogP contribution is 2.05. The van der Waals surface area contributed by atoms with E-state index < -0.39 is 34.6 Å². The predicted octanol–water partition coefficient (Wildman–Crippen LogP) is -1.37. The number of carbonyl (C=O) groups excluding carboxylic acids is 2. The fourth-order valence-electron chi connectivity index (χ4n) is 1.47. The Kier molecular flexibility index (Phi) is 5.34. The van der Waals surface area contributed by atoms with E-state index in [0.717, 1.165) is 10.7 Å². The largest absolute Gasteiger partial charge is 0.480 e. The Bertz CT molecular complexity index is 568. The number of nitrogens with two attached hydrogens (primary N) is 1. The number of hydrogen-bond acceptors (Lipinski definition) is 6. The molecular formula is C10H13N5O6. The van der Waals surface area contributed by atoms with Crippen LogP contribution in [-0.2, 0) is 20.9 Å². The van der Waals surface area contributed by atoms with Gasteiger partial charge in [-0.2, -0.15) is 4.68 Å². The molecule has 11 heteroatoms. The van der Waals surface area contributed by atoms with Crippen LogP contribution in [0.1, 0.15) is 12.8 Å². The fraction of sp³-hybridized carbons (Fsp3) is 0.400. The molecule has 0 aliphatic carbocycles. The second kappa shape index (κ2) is 6.98. The van der Waals surface area contributed by atoms with Crippen molar-refractivity contribution in [1.29, 1.82) is 0 Å². The molecule has 0 aromatic carbocycles. The summed E-state index contributed by atoms with van der Waals surface area (Å²) in [4.78, 5) is 42.9. The van der Waals surface area contributed by atoms with Gasteiger partial charge in [-0.15, -0.1) is 0 Å². The van der Waals surface area contributed by atoms with Crippen molar-refractivity contribution in [2.45, 2.75) is 25.4 Å². The Hall–Kier alpha value is -2.98. The minimum atomic E-state index is -1.31. The third kappa shape index (κ3) is 5.26. The van der Waals surface area contributed by atoms with Gasteiger partial charge in [0.25, 0.3) is 0 Å². The van der Waals surface area contributed by atoms with Crippen LogP contribution in [0.15, 0.2) is 12.3 Å². The van der Waals surface area contributed by atoms with Gasteiger partial charge in [0, 0.05) is 6.42 Å². The van der Waals surface area contributed by atoms with Crippen molar-refractivity contribution >= 4 is 23.6 Å². The molecule has 0 aliphatic rings. The molecule has 1 aromatic rings. The van der Waals surface area contributed by atoms with E-state index in [9.17, 15) is 24.5 Å². The molecule has 4 N–H and O–H groups in total. The number of primary amides is 1. The van der Waals surface area contributed by atoms with Gasteiger partial charge in [0.15, 0.2) is 0 Å². The second-order valence-electron chi connectivity index (χ2n) is 4.09. The van der Waals surface area contributed by atoms with Crippen LogP contribution < -0.4 is 11.1 Å². The van der Waals surface area contributed by atoms with Gasteiger partial charge < -0.3 is 26.3 Å². The third-order valence-electron chi connectivity index (χ3n) is 2.43. The molecule has 1 rings (SSSR count). The normalized spacial score (nSPS) is 11.6. The molecule has 114 valence electrons. The van der Waals surface area contributed by atoms with Crippen molar-refractivity contribution in [3.63, 3.8) is 0 Å². The molecule has 1 atom stereocenters. The van der Waals surface area contributed by atoms with Gasteiger partial charge in [-0.05, 0) is 11.3 Å². The highest BCUT2D eigenvalue weighted by molar-refractivity contribution is 5.84. The number of nitro groups is 1. The molecule has 0 radical (unpaired) electrons. The molecule has 0 spiro atoms. The first kappa shape index (κ1) is 16.1. The van der Waals surface area contributed by atoms with Crippen LogP contribution in [0.5, 0.6) is 0 Å². The Morgan fingerprint density at radius 2 is 2.19 bits per heavy atom. The topological polar surface area (TPSA) is 170 Å². The molecule has 1 heterocycles. The average molecular weight is 299 g/mol. The summed E-state index contributed by atoms with van der Waals surface area (Å²) < 4.78 is 1.00. The number of aliphatic carboxylic acids is 1. The lowest BCUT2D eigenvalue weighted by molar-refractivity contribution is -0.389. The van der Waals surface area contributed by atoms with E-state index in [2.05, 4.69) is 10.4 Å². The van der Waals surface area contributed by atoms with E-state index in [0.29, 0.717) is 0 Å². The van der Waals surface area contributed by atoms with Crippen molar-refractivity contribution in [3.8, 4) is 0 Å². The van der Waals surface area contributed by atoms with Crippen molar-refractivity contribution in [2.75, 3.05) is 0 Å². The van der Waals surface area contributed by atoms with E-state index in [1.165, 1.54) is 6.20 Å². The van der Waals surface area contributed by atoms with E-state index in [1.54, 1.807) is 0 Å². The van der Waals surface area contributed by atoms with Gasteiger partial charge in [0.1, 0.15) is 12.6 Å². The summed E-state index contributed by atoms with van der Waals surface area (Å²) in [6, 6.07) is -0.162. The molecule has 0 saturated heterocycles. The standard InChI is InChI=1S/C10H13N5O6/c11-7(16)2-1-6(10(18)19)12-9(17)5-14-4-3-8(13-14)15(20)21/h3-4,6H,1-2,5H2,(H2,11,16)(H,12,17)(H,18,19)/t6-/m0/s1. The third-order valence-corrected chi connectivity index (χ3v) is 2.43. The van der Waals surface area contributed by atoms with E-state index in [4.69, 9.17) is 10.8 Å². The zero-order valence-corrected chi connectivity index (χ0v) is 10.8. The number of aromatic nitrogens is 2. The molecule has 1 aromatic heterocycles. The van der Waals surface area contributed by atoms with Gasteiger partial charge in [0.05, 0.1) is 17.4 Å². The number of nitrogens with zero attached hydrogens (tertiary/aromatic N) is 3. The maximum absolute atomic E-state index is 11.6. The SMILES string of the molecule is NC(=O)CC[C@H](NC(=O)Cn1ccc([N+](=O)[O-])n1)C(=O)O. The smallest absolute Gasteiger partial charge is 0.389 e. The maximum atomic E-state index is 11.6. The van der Waals surface area contributed by atoms with Crippen LogP contribution in [-0.4, -0.2) is 43.6 Å². The quantitative estimate of drug-likeness (QED) is 0.392. The van der Waals surface area contributed by atoms with Crippen LogP contribution >= 0.6 is 0 Å². The summed E-state index contributed by atoms with van der Waals surface area (Å²) in [5.74, 6) is -3.12. The number of amides is 2. The highest BCUT2D eigenvalue weighted by Gasteiger charge is 2.21. The van der Waals surface area contributed by atoms with Crippen molar-refractivity contribution < 1.29 is 24.4 Å². The molecule has 0 bridgehead atoms. The molecule has 0 unspecified atom stereocenters. The molecule has 0 aliphatic heterocycles. The van der Waals surface area contributed by atoms with E-state index in [1.807, 2.05) is 0 Å². The Morgan fingerprint density at radius 3 is 2.67 bits per heavy atom. The molecule has 0 saturated carbocycles. The molecular weight excluding hydrogens is 286 g/mol. The fourth-order valence-corrected chi connectivity index (χ4v) is 1.47. The van der Waals surface area contributed by atoms with E-state index in [-0.39, 0.29) is 19.4 Å². The first-order chi connectivity index (χ1) is 9.79. The summed E-state index contributed by atoms with van der Waals surface area (Å²) >= 11 is 0. The Labute approximate surface area is 117 Å². The number of carbonyl (C=O) groups is 3. The lowest BCUT2D eigenvalue weighted by Gasteiger charge is -2.12. The number of nitrogens with one attached hydrogen (secondary N) is 1. The van der Waals surface area contributed by atoms with Gasteiger partial charge in [0.2, 0.25) is 11.8 Å². The van der Waals surface area contributed by atoms with Crippen LogP contribution in [0.3, 0.4) is 0 Å². The minimum absolute atomic E-state index is 0.143. The van der Waals surface area contributed by atoms with Gasteiger partial charge in [-0.3, -0.25) is 9.59 Å². The Balaban J connectivity index is 2.58. The number of hydrogen-bond donors (Lipinski definition) is 3. The lowest BCUT2D eigenvalue weighted by atomic mass is 10.1. The zero-order chi connectivity index (χ0) is 16.0. The maximum Gasteiger partial charge on any atom is 0.389 e. The number of carboxylic acid groups (broad SMARTS) is 1. The average Bonchev–Trinajstić information content (AvgIpc) is 2.82. The summed E-state index contributed by atoms with van der Waals surface area (Å²) in [5, 5.41) is 25.0. The Morgan fingerprint density at radius 1 is 1.52 bits per heavy atom. The second-order valence-corrected chi connectivity index (χ2v) is 4.09. The van der Waals surface area contributed by atoms with Crippen LogP contribution in [0, 0.1) is 10.1 Å². The van der Waals surface area contributed by atoms with Crippen molar-refractivity contribution in [3.05, 3.63) is 22.4 Å². The summed E-state index contributed by atoms with van der Waals surface area (Å²) in [7, 11) is 0. The molecule has 2 amide bonds. The van der Waals surface area contributed by atoms with Crippen LogP contribution in [0.4, 0.5) is 5.82 Å². The minimum Gasteiger partial charge on any atom is -0.480 e. The van der Waals surface area contributed by atoms with Crippen LogP contribution in [0.25, 0.3) is 0 Å². The first-order valence-corrected chi connectivity index (χ1v) is 5.78. The monoisotopic (exact) mass is 299 g/mol. The molecule has 11 nitrogen and oxygen atoms in total. The number of carboxylic acids is 1.